The van der Waals surface area contributed by atoms with Crippen LogP contribution in [0.25, 0.3) is 15.0 Å². The molecule has 0 aliphatic rings. The minimum atomic E-state index is 0.288. The van der Waals surface area contributed by atoms with Crippen molar-refractivity contribution in [1.29, 1.82) is 5.26 Å². The average Bonchev–Trinajstić information content (AvgIpc) is 3.28. The van der Waals surface area contributed by atoms with E-state index in [2.05, 4.69) is 39.8 Å². The number of fused-ring (bicyclic) bond motifs is 1. The molecule has 2 nitrogen and oxygen atoms in total. The highest BCUT2D eigenvalue weighted by molar-refractivity contribution is 7.28. The Kier molecular flexibility index (Phi) is 10.3. The minimum Gasteiger partial charge on any atom is -0.295 e. The van der Waals surface area contributed by atoms with E-state index in [1.54, 1.807) is 11.3 Å². The Morgan fingerprint density at radius 3 is 2.40 bits per heavy atom. The number of Topliss-reactive ketones (excluding diaryl/α,β-unsaturated/α-hetero) is 1. The Bertz CT molecular complexity index is 864. The normalized spacial score (nSPS) is 14.4. The number of carbonyl (C=O) groups excluding carboxylic acids is 1. The number of hydrogen-bond donors (Lipinski definition) is 0. The summed E-state index contributed by atoms with van der Waals surface area (Å²) < 4.78 is 2.29. The maximum atomic E-state index is 13.0. The molecule has 0 bridgehead atoms. The lowest BCUT2D eigenvalue weighted by Gasteiger charge is -2.20. The second kappa shape index (κ2) is 12.4. The van der Waals surface area contributed by atoms with Crippen LogP contribution in [0.3, 0.4) is 0 Å². The van der Waals surface area contributed by atoms with Gasteiger partial charge in [-0.3, -0.25) is 4.79 Å². The summed E-state index contributed by atoms with van der Waals surface area (Å²) in [6, 6.07) is 6.30. The lowest BCUT2D eigenvalue weighted by molar-refractivity contribution is -0.116. The van der Waals surface area contributed by atoms with Crippen molar-refractivity contribution in [3.63, 3.8) is 0 Å². The summed E-state index contributed by atoms with van der Waals surface area (Å²) in [6.45, 7) is 10.8. The zero-order chi connectivity index (χ0) is 22.1. The molecule has 0 amide bonds. The summed E-state index contributed by atoms with van der Waals surface area (Å²) in [7, 11) is 0. The number of unbranched alkanes of at least 4 members (excludes halogenated alkanes) is 3. The number of ketones is 1. The highest BCUT2D eigenvalue weighted by Crippen LogP contribution is 2.37. The minimum absolute atomic E-state index is 0.288. The van der Waals surface area contributed by atoms with E-state index in [0.717, 1.165) is 36.2 Å². The SMILES string of the molecule is CCCCCCC(CCC)CC(C)CC(=O)C(C)=C(C)c1cc2sc(C#N)cc2s1. The van der Waals surface area contributed by atoms with Crippen molar-refractivity contribution < 1.29 is 4.79 Å². The van der Waals surface area contributed by atoms with E-state index < -0.39 is 0 Å². The van der Waals surface area contributed by atoms with Crippen LogP contribution in [0.2, 0.25) is 0 Å². The lowest BCUT2D eigenvalue weighted by Crippen LogP contribution is -2.12. The van der Waals surface area contributed by atoms with E-state index >= 15 is 0 Å². The van der Waals surface area contributed by atoms with Gasteiger partial charge in [0.25, 0.3) is 0 Å². The maximum absolute atomic E-state index is 13.0. The van der Waals surface area contributed by atoms with Crippen molar-refractivity contribution in [3.8, 4) is 6.07 Å². The number of carbonyl (C=O) groups is 1. The van der Waals surface area contributed by atoms with Gasteiger partial charge in [0.1, 0.15) is 10.9 Å². The van der Waals surface area contributed by atoms with Crippen LogP contribution in [0.1, 0.15) is 102 Å². The molecule has 0 aliphatic heterocycles. The molecular formula is C26H37NOS2. The van der Waals surface area contributed by atoms with Gasteiger partial charge >= 0.3 is 0 Å². The van der Waals surface area contributed by atoms with Crippen molar-refractivity contribution in [2.75, 3.05) is 0 Å². The molecule has 4 heteroatoms. The van der Waals surface area contributed by atoms with E-state index in [1.807, 2.05) is 13.0 Å². The van der Waals surface area contributed by atoms with Gasteiger partial charge in [0.05, 0.1) is 0 Å². The highest BCUT2D eigenvalue weighted by atomic mass is 32.1. The summed E-state index contributed by atoms with van der Waals surface area (Å²) in [5.74, 6) is 1.49. The van der Waals surface area contributed by atoms with Gasteiger partial charge in [-0.2, -0.15) is 5.26 Å². The van der Waals surface area contributed by atoms with Crippen LogP contribution >= 0.6 is 22.7 Å². The molecule has 2 unspecified atom stereocenters. The molecule has 0 saturated carbocycles. The predicted octanol–water partition coefficient (Wildman–Crippen LogP) is 9.00. The molecule has 0 aliphatic carbocycles. The molecule has 30 heavy (non-hydrogen) atoms. The van der Waals surface area contributed by atoms with Gasteiger partial charge in [-0.25, -0.2) is 0 Å². The van der Waals surface area contributed by atoms with Gasteiger partial charge in [-0.1, -0.05) is 65.7 Å². The Labute approximate surface area is 191 Å². The van der Waals surface area contributed by atoms with E-state index in [4.69, 9.17) is 5.26 Å². The molecule has 2 atom stereocenters. The van der Waals surface area contributed by atoms with Crippen molar-refractivity contribution in [2.24, 2.45) is 11.8 Å². The quantitative estimate of drug-likeness (QED) is 0.229. The van der Waals surface area contributed by atoms with Crippen molar-refractivity contribution in [1.82, 2.24) is 0 Å². The first-order valence-electron chi connectivity index (χ1n) is 11.5. The van der Waals surface area contributed by atoms with Gasteiger partial charge in [-0.05, 0) is 55.4 Å². The van der Waals surface area contributed by atoms with Gasteiger partial charge in [0.15, 0.2) is 5.78 Å². The van der Waals surface area contributed by atoms with E-state index in [1.165, 1.54) is 62.7 Å². The second-order valence-corrected chi connectivity index (χ2v) is 11.0. The summed E-state index contributed by atoms with van der Waals surface area (Å²) in [5, 5.41) is 9.06. The van der Waals surface area contributed by atoms with Crippen LogP contribution in [-0.2, 0) is 4.79 Å². The molecule has 0 saturated heterocycles. The van der Waals surface area contributed by atoms with Gasteiger partial charge in [0, 0.05) is 20.7 Å². The summed E-state index contributed by atoms with van der Waals surface area (Å²) in [5.41, 5.74) is 1.98. The van der Waals surface area contributed by atoms with Crippen molar-refractivity contribution in [2.45, 2.75) is 92.4 Å². The zero-order valence-electron chi connectivity index (χ0n) is 19.3. The molecule has 2 aromatic rings. The highest BCUT2D eigenvalue weighted by Gasteiger charge is 2.18. The molecular weight excluding hydrogens is 406 g/mol. The van der Waals surface area contributed by atoms with Gasteiger partial charge < -0.3 is 0 Å². The van der Waals surface area contributed by atoms with Gasteiger partial charge in [-0.15, -0.1) is 22.7 Å². The standard InChI is InChI=1S/C26H37NOS2/c1-6-8-9-10-12-21(11-7-2)13-18(3)14-23(28)19(4)20(5)24-16-26-25(30-24)15-22(17-27)29-26/h15-16,18,21H,6-14H2,1-5H3. The first-order chi connectivity index (χ1) is 14.4. The topological polar surface area (TPSA) is 40.9 Å². The van der Waals surface area contributed by atoms with Crippen LogP contribution in [0.4, 0.5) is 0 Å². The van der Waals surface area contributed by atoms with Gasteiger partial charge in [0.2, 0.25) is 0 Å². The zero-order valence-corrected chi connectivity index (χ0v) is 21.0. The van der Waals surface area contributed by atoms with Crippen LogP contribution in [-0.4, -0.2) is 5.78 Å². The van der Waals surface area contributed by atoms with Crippen LogP contribution in [0, 0.1) is 23.2 Å². The molecule has 0 aromatic carbocycles. The molecule has 0 radical (unpaired) electrons. The Morgan fingerprint density at radius 1 is 1.03 bits per heavy atom. The Hall–Kier alpha value is -1.44. The maximum Gasteiger partial charge on any atom is 0.159 e. The first kappa shape index (κ1) is 24.8. The van der Waals surface area contributed by atoms with Crippen LogP contribution in [0.5, 0.6) is 0 Å². The van der Waals surface area contributed by atoms with E-state index in [0.29, 0.717) is 12.3 Å². The third-order valence-electron chi connectivity index (χ3n) is 6.10. The number of nitriles is 1. The fourth-order valence-corrected chi connectivity index (χ4v) is 6.49. The number of allylic oxidation sites excluding steroid dienone is 2. The van der Waals surface area contributed by atoms with Crippen LogP contribution in [0.15, 0.2) is 17.7 Å². The fraction of sp³-hybridized carbons (Fsp3) is 0.615. The van der Waals surface area contributed by atoms with Crippen molar-refractivity contribution in [3.05, 3.63) is 27.5 Å². The molecule has 164 valence electrons. The molecule has 2 heterocycles. The average molecular weight is 444 g/mol. The largest absolute Gasteiger partial charge is 0.295 e. The first-order valence-corrected chi connectivity index (χ1v) is 13.2. The Balaban J connectivity index is 1.97. The number of nitrogens with zero attached hydrogens (tertiary/aromatic N) is 1. The molecule has 0 N–H and O–H groups in total. The summed E-state index contributed by atoms with van der Waals surface area (Å²) in [4.78, 5) is 14.9. The number of hydrogen-bond acceptors (Lipinski definition) is 4. The fourth-order valence-electron chi connectivity index (χ4n) is 4.24. The second-order valence-electron chi connectivity index (χ2n) is 8.78. The number of thiophene rings is 2. The third kappa shape index (κ3) is 7.06. The molecule has 2 aromatic heterocycles. The molecule has 2 rings (SSSR count). The van der Waals surface area contributed by atoms with E-state index in [9.17, 15) is 4.79 Å². The monoisotopic (exact) mass is 443 g/mol. The summed E-state index contributed by atoms with van der Waals surface area (Å²) >= 11 is 3.21. The Morgan fingerprint density at radius 2 is 1.77 bits per heavy atom. The van der Waals surface area contributed by atoms with E-state index in [-0.39, 0.29) is 5.78 Å². The molecule has 0 fully saturated rings. The summed E-state index contributed by atoms with van der Waals surface area (Å²) in [6.07, 6.45) is 11.0. The lowest BCUT2D eigenvalue weighted by atomic mass is 9.85. The molecule has 0 spiro atoms. The number of rotatable bonds is 13. The smallest absolute Gasteiger partial charge is 0.159 e. The van der Waals surface area contributed by atoms with Crippen LogP contribution < -0.4 is 0 Å². The van der Waals surface area contributed by atoms with Crippen molar-refractivity contribution >= 4 is 43.4 Å². The third-order valence-corrected chi connectivity index (χ3v) is 8.42. The predicted molar refractivity (Wildman–Crippen MR) is 133 cm³/mol.